The van der Waals surface area contributed by atoms with Crippen LogP contribution in [0.2, 0.25) is 0 Å². The summed E-state index contributed by atoms with van der Waals surface area (Å²) in [6.45, 7) is 1.33. The highest BCUT2D eigenvalue weighted by Crippen LogP contribution is 2.36. The number of halogens is 3. The lowest BCUT2D eigenvalue weighted by Crippen LogP contribution is -2.35. The molecular weight excluding hydrogens is 499 g/mol. The first-order valence-electron chi connectivity index (χ1n) is 11.6. The Kier molecular flexibility index (Phi) is 6.45. The molecule has 0 amide bonds. The van der Waals surface area contributed by atoms with Gasteiger partial charge in [-0.05, 0) is 41.3 Å². The van der Waals surface area contributed by atoms with Crippen molar-refractivity contribution in [1.82, 2.24) is 24.8 Å². The fraction of sp³-hybridized carbons (Fsp3) is 0.240. The number of nitrogens with two attached hydrogens (primary N) is 2. The van der Waals surface area contributed by atoms with Crippen molar-refractivity contribution in [1.29, 1.82) is 5.41 Å². The summed E-state index contributed by atoms with van der Waals surface area (Å²) in [6.07, 6.45) is -2.90. The molecule has 0 radical (unpaired) electrons. The molecular formula is C25H24F3N9O. The van der Waals surface area contributed by atoms with E-state index in [1.165, 1.54) is 7.11 Å². The van der Waals surface area contributed by atoms with Crippen LogP contribution in [0.25, 0.3) is 22.0 Å². The van der Waals surface area contributed by atoms with Crippen molar-refractivity contribution in [2.24, 2.45) is 4.99 Å². The van der Waals surface area contributed by atoms with E-state index < -0.39 is 17.8 Å². The molecule has 38 heavy (non-hydrogen) atoms. The fourth-order valence-corrected chi connectivity index (χ4v) is 4.54. The van der Waals surface area contributed by atoms with Gasteiger partial charge in [-0.25, -0.2) is 19.9 Å². The van der Waals surface area contributed by atoms with Gasteiger partial charge in [-0.15, -0.1) is 0 Å². The number of anilines is 2. The molecule has 4 aromatic rings. The number of nitrogens with one attached hydrogen (secondary N) is 2. The molecule has 3 heterocycles. The summed E-state index contributed by atoms with van der Waals surface area (Å²) in [7, 11) is 1.53. The number of rotatable bonds is 4. The van der Waals surface area contributed by atoms with Crippen LogP contribution in [-0.4, -0.2) is 50.9 Å². The lowest BCUT2D eigenvalue weighted by molar-refractivity contribution is -0.140. The molecule has 1 aliphatic heterocycles. The number of para-hydroxylation sites is 1. The predicted octanol–water partition coefficient (Wildman–Crippen LogP) is 3.15. The zero-order valence-corrected chi connectivity index (χ0v) is 20.3. The maximum absolute atomic E-state index is 13.6. The molecule has 6 N–H and O–H groups in total. The summed E-state index contributed by atoms with van der Waals surface area (Å²) in [4.78, 5) is 20.8. The number of fused-ring (bicyclic) bond motifs is 2. The number of nitrogens with zero attached hydrogens (tertiary/aromatic N) is 5. The second-order valence-corrected chi connectivity index (χ2v) is 8.82. The predicted molar refractivity (Wildman–Crippen MR) is 136 cm³/mol. The third-order valence-corrected chi connectivity index (χ3v) is 6.26. The van der Waals surface area contributed by atoms with E-state index in [1.54, 1.807) is 24.3 Å². The van der Waals surface area contributed by atoms with Crippen LogP contribution in [-0.2, 0) is 19.1 Å². The number of hydrogen-bond donors (Lipinski definition) is 4. The quantitative estimate of drug-likeness (QED) is 0.237. The van der Waals surface area contributed by atoms with Crippen LogP contribution < -0.4 is 21.7 Å². The van der Waals surface area contributed by atoms with Gasteiger partial charge < -0.3 is 21.2 Å². The Labute approximate surface area is 214 Å². The van der Waals surface area contributed by atoms with Crippen LogP contribution in [0.3, 0.4) is 0 Å². The third kappa shape index (κ3) is 5.00. The van der Waals surface area contributed by atoms with Crippen molar-refractivity contribution in [3.05, 3.63) is 64.9 Å². The zero-order chi connectivity index (χ0) is 27.0. The monoisotopic (exact) mass is 523 g/mol. The smallest absolute Gasteiger partial charge is 0.434 e. The Bertz CT molecular complexity index is 1610. The number of H-pyrrole nitrogens is 1. The number of ether oxygens (including phenoxy) is 1. The average Bonchev–Trinajstić information content (AvgIpc) is 2.87. The standard InChI is InChI=1S/C25H24F3N9O/c1-38-18-4-2-3-16-20(18)34-24(31)36-22(16)33-19(29)12-37-8-7-13-5-6-14(9-15(13)11-37)17-10-32-23(30)35-21(17)25(26,27)28/h2-6,9-10H,7-8,11-12H2,1H3,(H2,30,32,35)(H4,29,31,33,34,36). The highest BCUT2D eigenvalue weighted by Gasteiger charge is 2.36. The number of amidine groups is 1. The summed E-state index contributed by atoms with van der Waals surface area (Å²) in [6, 6.07) is 10.5. The molecule has 196 valence electrons. The van der Waals surface area contributed by atoms with E-state index in [2.05, 4.69) is 24.9 Å². The maximum atomic E-state index is 13.6. The fourth-order valence-electron chi connectivity index (χ4n) is 4.54. The molecule has 0 unspecified atom stereocenters. The Morgan fingerprint density at radius 2 is 2.00 bits per heavy atom. The Morgan fingerprint density at radius 1 is 1.18 bits per heavy atom. The van der Waals surface area contributed by atoms with Crippen LogP contribution in [0.1, 0.15) is 16.8 Å². The number of aromatic amines is 1. The van der Waals surface area contributed by atoms with Crippen LogP contribution in [0, 0.1) is 5.41 Å². The molecule has 13 heteroatoms. The van der Waals surface area contributed by atoms with Gasteiger partial charge in [0.2, 0.25) is 5.95 Å². The summed E-state index contributed by atoms with van der Waals surface area (Å²) >= 11 is 0. The van der Waals surface area contributed by atoms with E-state index in [-0.39, 0.29) is 23.9 Å². The Morgan fingerprint density at radius 3 is 2.76 bits per heavy atom. The summed E-state index contributed by atoms with van der Waals surface area (Å²) in [5.41, 5.74) is 13.3. The van der Waals surface area contributed by atoms with Gasteiger partial charge >= 0.3 is 6.18 Å². The van der Waals surface area contributed by atoms with Crippen molar-refractivity contribution in [3.63, 3.8) is 0 Å². The van der Waals surface area contributed by atoms with E-state index in [1.807, 2.05) is 17.0 Å². The van der Waals surface area contributed by atoms with Crippen LogP contribution in [0.4, 0.5) is 25.1 Å². The molecule has 2 aromatic carbocycles. The summed E-state index contributed by atoms with van der Waals surface area (Å²) in [5.74, 6) is 0.321. The van der Waals surface area contributed by atoms with Crippen LogP contribution >= 0.6 is 0 Å². The molecule has 0 atom stereocenters. The summed E-state index contributed by atoms with van der Waals surface area (Å²) in [5, 5.41) is 9.17. The van der Waals surface area contributed by atoms with Gasteiger partial charge in [-0.2, -0.15) is 13.2 Å². The highest BCUT2D eigenvalue weighted by molar-refractivity contribution is 5.87. The number of hydrogen-bond acceptors (Lipinski definition) is 8. The molecule has 10 nitrogen and oxygen atoms in total. The highest BCUT2D eigenvalue weighted by atomic mass is 19.4. The first-order chi connectivity index (χ1) is 18.1. The SMILES string of the molecule is COc1cccc2/c(=N/C(=N)CN3CCc4ccc(-c5cnc(N)nc5C(F)(F)F)cc4C3)[nH]c(N)nc12. The van der Waals surface area contributed by atoms with E-state index in [0.717, 1.165) is 17.3 Å². The number of alkyl halides is 3. The van der Waals surface area contributed by atoms with E-state index in [0.29, 0.717) is 47.2 Å². The number of aromatic nitrogens is 4. The lowest BCUT2D eigenvalue weighted by Gasteiger charge is -2.28. The van der Waals surface area contributed by atoms with E-state index >= 15 is 0 Å². The van der Waals surface area contributed by atoms with Gasteiger partial charge in [-0.3, -0.25) is 10.3 Å². The minimum absolute atomic E-state index is 0.0851. The van der Waals surface area contributed by atoms with Gasteiger partial charge in [0, 0.05) is 30.2 Å². The number of methoxy groups -OCH3 is 1. The van der Waals surface area contributed by atoms with Crippen LogP contribution in [0.5, 0.6) is 5.75 Å². The van der Waals surface area contributed by atoms with Crippen molar-refractivity contribution in [2.45, 2.75) is 19.1 Å². The molecule has 0 spiro atoms. The van der Waals surface area contributed by atoms with Crippen LogP contribution in [0.15, 0.2) is 47.6 Å². The van der Waals surface area contributed by atoms with Crippen molar-refractivity contribution < 1.29 is 17.9 Å². The normalized spacial score (nSPS) is 14.5. The molecule has 0 fully saturated rings. The second-order valence-electron chi connectivity index (χ2n) is 8.82. The van der Waals surface area contributed by atoms with Gasteiger partial charge in [0.15, 0.2) is 11.6 Å². The minimum atomic E-state index is -4.67. The van der Waals surface area contributed by atoms with Gasteiger partial charge in [0.1, 0.15) is 22.6 Å². The van der Waals surface area contributed by atoms with Crippen molar-refractivity contribution in [2.75, 3.05) is 31.7 Å². The molecule has 2 aromatic heterocycles. The van der Waals surface area contributed by atoms with E-state index in [4.69, 9.17) is 21.6 Å². The Hall–Kier alpha value is -4.52. The number of nitrogen functional groups attached to an aromatic ring is 2. The zero-order valence-electron chi connectivity index (χ0n) is 20.3. The summed E-state index contributed by atoms with van der Waals surface area (Å²) < 4.78 is 46.1. The molecule has 0 saturated carbocycles. The lowest BCUT2D eigenvalue weighted by atomic mass is 9.94. The minimum Gasteiger partial charge on any atom is -0.494 e. The average molecular weight is 524 g/mol. The first kappa shape index (κ1) is 25.1. The Balaban J connectivity index is 1.41. The van der Waals surface area contributed by atoms with Crippen molar-refractivity contribution >= 4 is 28.6 Å². The molecule has 0 bridgehead atoms. The van der Waals surface area contributed by atoms with Crippen molar-refractivity contribution in [3.8, 4) is 16.9 Å². The largest absolute Gasteiger partial charge is 0.494 e. The second kappa shape index (κ2) is 9.74. The molecule has 5 rings (SSSR count). The van der Waals surface area contributed by atoms with E-state index in [9.17, 15) is 13.2 Å². The third-order valence-electron chi connectivity index (χ3n) is 6.26. The maximum Gasteiger partial charge on any atom is 0.434 e. The topological polar surface area (TPSA) is 155 Å². The van der Waals surface area contributed by atoms with Gasteiger partial charge in [0.25, 0.3) is 0 Å². The van der Waals surface area contributed by atoms with Gasteiger partial charge in [-0.1, -0.05) is 18.2 Å². The first-order valence-corrected chi connectivity index (χ1v) is 11.6. The van der Waals surface area contributed by atoms with Gasteiger partial charge in [0.05, 0.1) is 13.7 Å². The molecule has 1 aliphatic rings. The molecule has 0 aliphatic carbocycles. The number of benzene rings is 2. The molecule has 0 saturated heterocycles.